The maximum absolute atomic E-state index is 12.5. The second-order valence-electron chi connectivity index (χ2n) is 4.65. The van der Waals surface area contributed by atoms with Gasteiger partial charge in [0.2, 0.25) is 11.8 Å². The number of nitrogens with zero attached hydrogens (tertiary/aromatic N) is 2. The molecule has 0 unspecified atom stereocenters. The summed E-state index contributed by atoms with van der Waals surface area (Å²) in [4.78, 5) is 25.8. The van der Waals surface area contributed by atoms with Crippen LogP contribution in [0.25, 0.3) is 0 Å². The standard InChI is InChI=1S/C12H18N4O2/c1-3-12(4-2)5-9(17)16(11(12)18)10-8(6-13)7-14-15-10/h7H,3-6,13H2,1-2H3,(H,14,15). The first kappa shape index (κ1) is 12.8. The summed E-state index contributed by atoms with van der Waals surface area (Å²) in [5, 5.41) is 6.55. The SMILES string of the molecule is CCC1(CC)CC(=O)N(c2[nH]ncc2CN)C1=O. The number of H-pyrrole nitrogens is 1. The number of aromatic nitrogens is 2. The van der Waals surface area contributed by atoms with Crippen LogP contribution in [0.15, 0.2) is 6.20 Å². The average Bonchev–Trinajstić information content (AvgIpc) is 2.92. The number of nitrogens with one attached hydrogen (secondary N) is 1. The summed E-state index contributed by atoms with van der Waals surface area (Å²) in [5.74, 6) is 0.107. The minimum absolute atomic E-state index is 0.142. The molecule has 2 rings (SSSR count). The van der Waals surface area contributed by atoms with Crippen molar-refractivity contribution in [1.29, 1.82) is 0 Å². The van der Waals surface area contributed by atoms with Gasteiger partial charge in [0, 0.05) is 18.5 Å². The molecule has 1 fully saturated rings. The molecule has 2 amide bonds. The molecule has 18 heavy (non-hydrogen) atoms. The van der Waals surface area contributed by atoms with Crippen LogP contribution in [0.2, 0.25) is 0 Å². The van der Waals surface area contributed by atoms with Crippen molar-refractivity contribution < 1.29 is 9.59 Å². The Hall–Kier alpha value is -1.69. The number of rotatable bonds is 4. The number of amides is 2. The Kier molecular flexibility index (Phi) is 3.21. The van der Waals surface area contributed by atoms with Crippen molar-refractivity contribution in [3.63, 3.8) is 0 Å². The molecule has 0 aromatic carbocycles. The van der Waals surface area contributed by atoms with E-state index in [0.717, 1.165) is 0 Å². The molecule has 3 N–H and O–H groups in total. The largest absolute Gasteiger partial charge is 0.326 e. The van der Waals surface area contributed by atoms with Gasteiger partial charge in [0.05, 0.1) is 11.6 Å². The van der Waals surface area contributed by atoms with Gasteiger partial charge in [-0.2, -0.15) is 5.10 Å². The van der Waals surface area contributed by atoms with Gasteiger partial charge < -0.3 is 5.73 Å². The van der Waals surface area contributed by atoms with E-state index in [4.69, 9.17) is 5.73 Å². The first-order valence-corrected chi connectivity index (χ1v) is 6.19. The molecule has 1 aromatic rings. The normalized spacial score (nSPS) is 18.7. The summed E-state index contributed by atoms with van der Waals surface area (Å²) in [6.45, 7) is 4.12. The van der Waals surface area contributed by atoms with E-state index in [1.165, 1.54) is 4.90 Å². The minimum Gasteiger partial charge on any atom is -0.326 e. The number of carbonyl (C=O) groups is 2. The number of imide groups is 1. The Labute approximate surface area is 106 Å². The molecule has 0 saturated carbocycles. The Morgan fingerprint density at radius 2 is 2.11 bits per heavy atom. The van der Waals surface area contributed by atoms with Gasteiger partial charge in [-0.15, -0.1) is 0 Å². The Bertz CT molecular complexity index is 476. The molecule has 6 nitrogen and oxygen atoms in total. The second-order valence-corrected chi connectivity index (χ2v) is 4.65. The Balaban J connectivity index is 2.41. The van der Waals surface area contributed by atoms with E-state index in [1.54, 1.807) is 6.20 Å². The van der Waals surface area contributed by atoms with Gasteiger partial charge in [-0.1, -0.05) is 13.8 Å². The van der Waals surface area contributed by atoms with E-state index < -0.39 is 5.41 Å². The molecular weight excluding hydrogens is 232 g/mol. The summed E-state index contributed by atoms with van der Waals surface area (Å²) >= 11 is 0. The molecule has 6 heteroatoms. The first-order chi connectivity index (χ1) is 8.59. The number of anilines is 1. The zero-order chi connectivity index (χ0) is 13.3. The maximum Gasteiger partial charge on any atom is 0.241 e. The van der Waals surface area contributed by atoms with Crippen molar-refractivity contribution in [2.75, 3.05) is 4.90 Å². The van der Waals surface area contributed by atoms with Gasteiger partial charge in [-0.05, 0) is 12.8 Å². The molecule has 98 valence electrons. The molecule has 0 atom stereocenters. The van der Waals surface area contributed by atoms with E-state index in [0.29, 0.717) is 24.2 Å². The van der Waals surface area contributed by atoms with E-state index >= 15 is 0 Å². The van der Waals surface area contributed by atoms with Gasteiger partial charge in [-0.25, -0.2) is 4.90 Å². The average molecular weight is 250 g/mol. The number of hydrogen-bond donors (Lipinski definition) is 2. The number of aromatic amines is 1. The lowest BCUT2D eigenvalue weighted by atomic mass is 9.81. The lowest BCUT2D eigenvalue weighted by Crippen LogP contribution is -2.36. The van der Waals surface area contributed by atoms with Gasteiger partial charge in [0.25, 0.3) is 0 Å². The number of nitrogens with two attached hydrogens (primary N) is 1. The highest BCUT2D eigenvalue weighted by molar-refractivity contribution is 6.22. The van der Waals surface area contributed by atoms with Gasteiger partial charge in [-0.3, -0.25) is 14.7 Å². The Morgan fingerprint density at radius 3 is 2.61 bits per heavy atom. The van der Waals surface area contributed by atoms with Crippen LogP contribution in [0.3, 0.4) is 0 Å². The highest BCUT2D eigenvalue weighted by Gasteiger charge is 2.50. The van der Waals surface area contributed by atoms with Crippen LogP contribution in [-0.2, 0) is 16.1 Å². The number of carbonyl (C=O) groups excluding carboxylic acids is 2. The third-order valence-corrected chi connectivity index (χ3v) is 3.89. The smallest absolute Gasteiger partial charge is 0.241 e. The lowest BCUT2D eigenvalue weighted by Gasteiger charge is -2.23. The van der Waals surface area contributed by atoms with Crippen molar-refractivity contribution in [2.45, 2.75) is 39.7 Å². The molecule has 2 heterocycles. The van der Waals surface area contributed by atoms with Crippen LogP contribution in [0.4, 0.5) is 5.82 Å². The monoisotopic (exact) mass is 250 g/mol. The predicted molar refractivity (Wildman–Crippen MR) is 66.6 cm³/mol. The van der Waals surface area contributed by atoms with Crippen molar-refractivity contribution >= 4 is 17.6 Å². The van der Waals surface area contributed by atoms with E-state index in [9.17, 15) is 9.59 Å². The molecule has 1 saturated heterocycles. The van der Waals surface area contributed by atoms with Crippen molar-refractivity contribution in [3.05, 3.63) is 11.8 Å². The van der Waals surface area contributed by atoms with Crippen molar-refractivity contribution in [2.24, 2.45) is 11.1 Å². The topological polar surface area (TPSA) is 92.1 Å². The summed E-state index contributed by atoms with van der Waals surface area (Å²) < 4.78 is 0. The maximum atomic E-state index is 12.5. The highest BCUT2D eigenvalue weighted by Crippen LogP contribution is 2.41. The summed E-state index contributed by atoms with van der Waals surface area (Å²) in [6.07, 6.45) is 3.14. The highest BCUT2D eigenvalue weighted by atomic mass is 16.2. The van der Waals surface area contributed by atoms with Crippen LogP contribution in [0.5, 0.6) is 0 Å². The molecule has 0 bridgehead atoms. The van der Waals surface area contributed by atoms with E-state index in [-0.39, 0.29) is 24.8 Å². The molecule has 1 aliphatic rings. The lowest BCUT2D eigenvalue weighted by molar-refractivity contribution is -0.126. The molecule has 0 spiro atoms. The third kappa shape index (κ3) is 1.64. The Morgan fingerprint density at radius 1 is 1.44 bits per heavy atom. The number of hydrogen-bond acceptors (Lipinski definition) is 4. The second kappa shape index (κ2) is 4.53. The summed E-state index contributed by atoms with van der Waals surface area (Å²) in [5.41, 5.74) is 5.70. The quantitative estimate of drug-likeness (QED) is 0.778. The van der Waals surface area contributed by atoms with Crippen LogP contribution in [0.1, 0.15) is 38.7 Å². The zero-order valence-corrected chi connectivity index (χ0v) is 10.7. The molecule has 0 radical (unpaired) electrons. The van der Waals surface area contributed by atoms with Gasteiger partial charge >= 0.3 is 0 Å². The minimum atomic E-state index is -0.561. The van der Waals surface area contributed by atoms with E-state index in [1.807, 2.05) is 13.8 Å². The summed E-state index contributed by atoms with van der Waals surface area (Å²) in [6, 6.07) is 0. The fourth-order valence-corrected chi connectivity index (χ4v) is 2.47. The first-order valence-electron chi connectivity index (χ1n) is 6.19. The predicted octanol–water partition coefficient (Wildman–Crippen LogP) is 0.938. The third-order valence-electron chi connectivity index (χ3n) is 3.89. The molecular formula is C12H18N4O2. The van der Waals surface area contributed by atoms with Crippen LogP contribution in [-0.4, -0.2) is 22.0 Å². The van der Waals surface area contributed by atoms with Crippen molar-refractivity contribution in [3.8, 4) is 0 Å². The molecule has 1 aromatic heterocycles. The molecule has 0 aliphatic carbocycles. The fourth-order valence-electron chi connectivity index (χ4n) is 2.47. The van der Waals surface area contributed by atoms with E-state index in [2.05, 4.69) is 10.2 Å². The van der Waals surface area contributed by atoms with Gasteiger partial charge in [0.15, 0.2) is 0 Å². The molecule has 1 aliphatic heterocycles. The van der Waals surface area contributed by atoms with Gasteiger partial charge in [0.1, 0.15) is 5.82 Å². The van der Waals surface area contributed by atoms with Crippen LogP contribution in [0, 0.1) is 5.41 Å². The zero-order valence-electron chi connectivity index (χ0n) is 10.7. The van der Waals surface area contributed by atoms with Crippen molar-refractivity contribution in [1.82, 2.24) is 10.2 Å². The van der Waals surface area contributed by atoms with Crippen LogP contribution >= 0.6 is 0 Å². The van der Waals surface area contributed by atoms with Crippen LogP contribution < -0.4 is 10.6 Å². The fraction of sp³-hybridized carbons (Fsp3) is 0.583. The summed E-state index contributed by atoms with van der Waals surface area (Å²) in [7, 11) is 0.